The molecule has 0 aliphatic carbocycles. The van der Waals surface area contributed by atoms with Crippen LogP contribution in [0.2, 0.25) is 0 Å². The Balaban J connectivity index is 1.89. The molecule has 3 rings (SSSR count). The number of nitrogens with zero attached hydrogens (tertiary/aromatic N) is 2. The van der Waals surface area contributed by atoms with E-state index in [1.807, 2.05) is 19.1 Å². The first-order valence-electron chi connectivity index (χ1n) is 13.5. The van der Waals surface area contributed by atoms with Crippen LogP contribution in [0.3, 0.4) is 0 Å². The SMILES string of the molecule is CCOc1cc(CNCC(=O)c2cc(N3CCOCC3)c(OC)c(C(C)(C)C)c2)c(C=NC)c(F)c1OCC. The van der Waals surface area contributed by atoms with Gasteiger partial charge in [0.1, 0.15) is 5.75 Å². The third-order valence-electron chi connectivity index (χ3n) is 6.51. The Morgan fingerprint density at radius 1 is 1.13 bits per heavy atom. The van der Waals surface area contributed by atoms with Crippen LogP contribution in [0.15, 0.2) is 23.2 Å². The topological polar surface area (TPSA) is 81.6 Å². The molecule has 0 radical (unpaired) electrons. The summed E-state index contributed by atoms with van der Waals surface area (Å²) in [5.74, 6) is 0.577. The number of carbonyl (C=O) groups excluding carboxylic acids is 1. The summed E-state index contributed by atoms with van der Waals surface area (Å²) in [7, 11) is 3.25. The highest BCUT2D eigenvalue weighted by Gasteiger charge is 2.27. The molecule has 1 fully saturated rings. The first kappa shape index (κ1) is 30.4. The summed E-state index contributed by atoms with van der Waals surface area (Å²) < 4.78 is 37.9. The molecule has 2 aromatic rings. The standard InChI is InChI=1S/C30H42FN3O5/c1-8-38-26-16-21(22(18-32-6)27(31)29(26)39-9-2)17-33-19-25(35)20-14-23(30(3,4)5)28(36-7)24(15-20)34-10-12-37-13-11-34/h14-16,18,33H,8-13,17,19H2,1-7H3. The van der Waals surface area contributed by atoms with Crippen LogP contribution in [-0.2, 0) is 16.7 Å². The molecule has 0 spiro atoms. The van der Waals surface area contributed by atoms with Gasteiger partial charge >= 0.3 is 0 Å². The number of nitrogens with one attached hydrogen (secondary N) is 1. The lowest BCUT2D eigenvalue weighted by Crippen LogP contribution is -2.37. The zero-order valence-electron chi connectivity index (χ0n) is 24.3. The minimum absolute atomic E-state index is 0.0673. The van der Waals surface area contributed by atoms with E-state index >= 15 is 4.39 Å². The molecule has 0 aromatic heterocycles. The first-order valence-corrected chi connectivity index (χ1v) is 13.5. The van der Waals surface area contributed by atoms with Gasteiger partial charge in [-0.1, -0.05) is 20.8 Å². The van der Waals surface area contributed by atoms with Gasteiger partial charge < -0.3 is 29.2 Å². The van der Waals surface area contributed by atoms with E-state index in [1.54, 1.807) is 27.1 Å². The zero-order chi connectivity index (χ0) is 28.6. The third kappa shape index (κ3) is 7.28. The van der Waals surface area contributed by atoms with Crippen molar-refractivity contribution in [2.24, 2.45) is 4.99 Å². The summed E-state index contributed by atoms with van der Waals surface area (Å²) >= 11 is 0. The van der Waals surface area contributed by atoms with E-state index in [-0.39, 0.29) is 30.0 Å². The Bertz CT molecular complexity index is 1170. The molecular weight excluding hydrogens is 501 g/mol. The van der Waals surface area contributed by atoms with Gasteiger partial charge in [-0.2, -0.15) is 0 Å². The molecule has 214 valence electrons. The quantitative estimate of drug-likeness (QED) is 0.305. The number of benzene rings is 2. The second kappa shape index (κ2) is 13.8. The number of ketones is 1. The summed E-state index contributed by atoms with van der Waals surface area (Å²) in [4.78, 5) is 19.7. The monoisotopic (exact) mass is 543 g/mol. The van der Waals surface area contributed by atoms with Crippen molar-refractivity contribution >= 4 is 17.7 Å². The fraction of sp³-hybridized carbons (Fsp3) is 0.533. The molecule has 1 aliphatic heterocycles. The van der Waals surface area contributed by atoms with Crippen LogP contribution in [-0.4, -0.2) is 72.2 Å². The van der Waals surface area contributed by atoms with Crippen LogP contribution < -0.4 is 24.4 Å². The van der Waals surface area contributed by atoms with Gasteiger partial charge in [0.2, 0.25) is 0 Å². The molecule has 0 unspecified atom stereocenters. The molecule has 1 heterocycles. The van der Waals surface area contributed by atoms with Gasteiger partial charge in [0.25, 0.3) is 0 Å². The second-order valence-electron chi connectivity index (χ2n) is 10.3. The van der Waals surface area contributed by atoms with E-state index in [0.29, 0.717) is 48.9 Å². The van der Waals surface area contributed by atoms with Crippen molar-refractivity contribution in [2.45, 2.75) is 46.6 Å². The summed E-state index contributed by atoms with van der Waals surface area (Å²) in [6.07, 6.45) is 1.46. The number of ether oxygens (including phenoxy) is 4. The van der Waals surface area contributed by atoms with Crippen molar-refractivity contribution in [1.29, 1.82) is 0 Å². The number of hydrogen-bond acceptors (Lipinski definition) is 8. The maximum absolute atomic E-state index is 15.4. The number of rotatable bonds is 12. The Hall–Kier alpha value is -3.17. The summed E-state index contributed by atoms with van der Waals surface area (Å²) in [5, 5.41) is 3.19. The molecule has 1 saturated heterocycles. The van der Waals surface area contributed by atoms with Crippen molar-refractivity contribution in [3.63, 3.8) is 0 Å². The molecule has 2 aromatic carbocycles. The fourth-order valence-corrected chi connectivity index (χ4v) is 4.63. The maximum Gasteiger partial charge on any atom is 0.197 e. The van der Waals surface area contributed by atoms with Crippen LogP contribution in [0.25, 0.3) is 0 Å². The van der Waals surface area contributed by atoms with E-state index in [4.69, 9.17) is 18.9 Å². The van der Waals surface area contributed by atoms with Crippen molar-refractivity contribution in [1.82, 2.24) is 5.32 Å². The summed E-state index contributed by atoms with van der Waals surface area (Å²) in [5.41, 5.74) is 3.15. The largest absolute Gasteiger partial charge is 0.494 e. The molecule has 0 bridgehead atoms. The molecule has 1 N–H and O–H groups in total. The van der Waals surface area contributed by atoms with Gasteiger partial charge in [-0.3, -0.25) is 9.79 Å². The molecule has 1 aliphatic rings. The average molecular weight is 544 g/mol. The summed E-state index contributed by atoms with van der Waals surface area (Å²) in [6, 6.07) is 5.57. The molecular formula is C30H42FN3O5. The lowest BCUT2D eigenvalue weighted by atomic mass is 9.84. The Labute approximate surface area is 231 Å². The van der Waals surface area contributed by atoms with Gasteiger partial charge in [-0.25, -0.2) is 4.39 Å². The Kier molecular flexibility index (Phi) is 10.7. The molecule has 0 amide bonds. The molecule has 8 nitrogen and oxygen atoms in total. The molecule has 0 atom stereocenters. The van der Waals surface area contributed by atoms with E-state index in [1.165, 1.54) is 6.21 Å². The van der Waals surface area contributed by atoms with Gasteiger partial charge in [0.05, 0.1) is 45.8 Å². The summed E-state index contributed by atoms with van der Waals surface area (Å²) in [6.45, 7) is 13.6. The average Bonchev–Trinajstić information content (AvgIpc) is 2.92. The fourth-order valence-electron chi connectivity index (χ4n) is 4.63. The molecule has 9 heteroatoms. The van der Waals surface area contributed by atoms with Crippen LogP contribution in [0.1, 0.15) is 61.7 Å². The van der Waals surface area contributed by atoms with Gasteiger partial charge in [-0.15, -0.1) is 0 Å². The van der Waals surface area contributed by atoms with Crippen molar-refractivity contribution in [3.8, 4) is 17.2 Å². The minimum Gasteiger partial charge on any atom is -0.494 e. The number of methoxy groups -OCH3 is 1. The highest BCUT2D eigenvalue weighted by molar-refractivity contribution is 5.99. The molecule has 0 saturated carbocycles. The van der Waals surface area contributed by atoms with E-state index in [0.717, 1.165) is 30.1 Å². The predicted octanol–water partition coefficient (Wildman–Crippen LogP) is 4.79. The molecule has 39 heavy (non-hydrogen) atoms. The minimum atomic E-state index is -0.531. The highest BCUT2D eigenvalue weighted by Crippen LogP contribution is 2.40. The number of aliphatic imine (C=N–C) groups is 1. The normalized spacial score (nSPS) is 14.1. The predicted molar refractivity (Wildman–Crippen MR) is 153 cm³/mol. The lowest BCUT2D eigenvalue weighted by molar-refractivity contribution is 0.0990. The first-order chi connectivity index (χ1) is 18.7. The van der Waals surface area contributed by atoms with E-state index in [2.05, 4.69) is 36.0 Å². The number of halogens is 1. The third-order valence-corrected chi connectivity index (χ3v) is 6.51. The van der Waals surface area contributed by atoms with Crippen molar-refractivity contribution in [2.75, 3.05) is 65.1 Å². The van der Waals surface area contributed by atoms with E-state index in [9.17, 15) is 4.79 Å². The van der Waals surface area contributed by atoms with E-state index < -0.39 is 5.82 Å². The van der Waals surface area contributed by atoms with Crippen LogP contribution in [0, 0.1) is 5.82 Å². The van der Waals surface area contributed by atoms with Gasteiger partial charge in [-0.05, 0) is 43.0 Å². The second-order valence-corrected chi connectivity index (χ2v) is 10.3. The zero-order valence-corrected chi connectivity index (χ0v) is 24.3. The smallest absolute Gasteiger partial charge is 0.197 e. The van der Waals surface area contributed by atoms with Gasteiger partial charge in [0.15, 0.2) is 23.1 Å². The Morgan fingerprint density at radius 2 is 1.82 bits per heavy atom. The Morgan fingerprint density at radius 3 is 2.41 bits per heavy atom. The van der Waals surface area contributed by atoms with Crippen LogP contribution in [0.5, 0.6) is 17.2 Å². The highest BCUT2D eigenvalue weighted by atomic mass is 19.1. The number of Topliss-reactive ketones (excluding diaryl/α,β-unsaturated/α-hetero) is 1. The number of hydrogen-bond donors (Lipinski definition) is 1. The van der Waals surface area contributed by atoms with Crippen LogP contribution >= 0.6 is 0 Å². The van der Waals surface area contributed by atoms with Crippen LogP contribution in [0.4, 0.5) is 10.1 Å². The van der Waals surface area contributed by atoms with Crippen molar-refractivity contribution < 1.29 is 28.1 Å². The number of anilines is 1. The maximum atomic E-state index is 15.4. The number of carbonyl (C=O) groups is 1. The number of morpholine rings is 1. The van der Waals surface area contributed by atoms with Gasteiger partial charge in [0, 0.05) is 49.6 Å². The van der Waals surface area contributed by atoms with Crippen molar-refractivity contribution in [3.05, 3.63) is 46.3 Å². The lowest BCUT2D eigenvalue weighted by Gasteiger charge is -2.33.